The van der Waals surface area contributed by atoms with Crippen LogP contribution < -0.4 is 5.32 Å². The second-order valence-corrected chi connectivity index (χ2v) is 6.07. The lowest BCUT2D eigenvalue weighted by Gasteiger charge is -2.15. The van der Waals surface area contributed by atoms with Crippen LogP contribution in [0.15, 0.2) is 35.6 Å². The van der Waals surface area contributed by atoms with Crippen LogP contribution in [0.5, 0.6) is 0 Å². The van der Waals surface area contributed by atoms with Gasteiger partial charge in [0.1, 0.15) is 5.69 Å². The second-order valence-electron chi connectivity index (χ2n) is 4.72. The van der Waals surface area contributed by atoms with Crippen LogP contribution in [0.2, 0.25) is 5.02 Å². The standard InChI is InChI=1S/C14H8ClF6N3OS/c15-8-3-1-2-7(13(16,17)18)11(8)24-10(25)6-26-12-22-5-4-9(23-12)14(19,20)21/h1-5H,6H2,(H,24,25). The van der Waals surface area contributed by atoms with Gasteiger partial charge >= 0.3 is 12.4 Å². The first-order valence-corrected chi connectivity index (χ1v) is 8.03. The summed E-state index contributed by atoms with van der Waals surface area (Å²) >= 11 is 6.24. The molecule has 1 aromatic carbocycles. The number of alkyl halides is 6. The van der Waals surface area contributed by atoms with E-state index in [1.165, 1.54) is 0 Å². The largest absolute Gasteiger partial charge is 0.433 e. The third-order valence-corrected chi connectivity index (χ3v) is 4.02. The van der Waals surface area contributed by atoms with Crippen molar-refractivity contribution in [2.75, 3.05) is 11.1 Å². The lowest BCUT2D eigenvalue weighted by Crippen LogP contribution is -2.19. The summed E-state index contributed by atoms with van der Waals surface area (Å²) in [6, 6.07) is 3.63. The van der Waals surface area contributed by atoms with Gasteiger partial charge in [-0.3, -0.25) is 4.79 Å². The number of anilines is 1. The van der Waals surface area contributed by atoms with Crippen LogP contribution in [0.1, 0.15) is 11.3 Å². The van der Waals surface area contributed by atoms with Crippen molar-refractivity contribution >= 4 is 35.0 Å². The molecule has 0 spiro atoms. The van der Waals surface area contributed by atoms with E-state index in [0.29, 0.717) is 17.8 Å². The summed E-state index contributed by atoms with van der Waals surface area (Å²) in [7, 11) is 0. The Morgan fingerprint density at radius 3 is 2.42 bits per heavy atom. The third kappa shape index (κ3) is 5.24. The first kappa shape index (κ1) is 20.3. The molecule has 2 rings (SSSR count). The predicted molar refractivity (Wildman–Crippen MR) is 82.8 cm³/mol. The Morgan fingerprint density at radius 1 is 1.12 bits per heavy atom. The van der Waals surface area contributed by atoms with Crippen molar-refractivity contribution in [3.8, 4) is 0 Å². The van der Waals surface area contributed by atoms with Crippen LogP contribution in [0.3, 0.4) is 0 Å². The normalized spacial score (nSPS) is 12.1. The van der Waals surface area contributed by atoms with Crippen molar-refractivity contribution in [2.24, 2.45) is 0 Å². The van der Waals surface area contributed by atoms with Gasteiger partial charge in [-0.25, -0.2) is 9.97 Å². The molecule has 0 aliphatic rings. The zero-order valence-electron chi connectivity index (χ0n) is 12.5. The molecule has 0 radical (unpaired) electrons. The molecule has 1 N–H and O–H groups in total. The molecule has 1 amide bonds. The number of nitrogens with zero attached hydrogens (tertiary/aromatic N) is 2. The number of hydrogen-bond acceptors (Lipinski definition) is 4. The minimum atomic E-state index is -4.75. The number of thioether (sulfide) groups is 1. The first-order chi connectivity index (χ1) is 12.0. The van der Waals surface area contributed by atoms with Crippen LogP contribution >= 0.6 is 23.4 Å². The maximum atomic E-state index is 12.9. The zero-order valence-corrected chi connectivity index (χ0v) is 14.0. The van der Waals surface area contributed by atoms with Gasteiger partial charge in [0.05, 0.1) is 22.0 Å². The molecule has 1 aromatic heterocycles. The van der Waals surface area contributed by atoms with E-state index >= 15 is 0 Å². The van der Waals surface area contributed by atoms with Gasteiger partial charge in [-0.2, -0.15) is 26.3 Å². The van der Waals surface area contributed by atoms with E-state index < -0.39 is 41.0 Å². The Hall–Kier alpha value is -2.01. The molecule has 0 bridgehead atoms. The molecular formula is C14H8ClF6N3OS. The molecule has 12 heteroatoms. The molecule has 0 aliphatic heterocycles. The average Bonchev–Trinajstić information content (AvgIpc) is 2.53. The minimum Gasteiger partial charge on any atom is -0.324 e. The number of halogens is 7. The number of carbonyl (C=O) groups is 1. The molecule has 0 atom stereocenters. The highest BCUT2D eigenvalue weighted by Crippen LogP contribution is 2.38. The minimum absolute atomic E-state index is 0.325. The van der Waals surface area contributed by atoms with Crippen molar-refractivity contribution in [3.63, 3.8) is 0 Å². The molecule has 0 aliphatic carbocycles. The van der Waals surface area contributed by atoms with Crippen LogP contribution in [-0.2, 0) is 17.1 Å². The number of benzene rings is 1. The van der Waals surface area contributed by atoms with Gasteiger partial charge in [-0.15, -0.1) is 0 Å². The van der Waals surface area contributed by atoms with Gasteiger partial charge < -0.3 is 5.32 Å². The smallest absolute Gasteiger partial charge is 0.324 e. The summed E-state index contributed by atoms with van der Waals surface area (Å²) < 4.78 is 76.5. The second kappa shape index (κ2) is 7.70. The van der Waals surface area contributed by atoms with Gasteiger partial charge in [0.2, 0.25) is 5.91 Å². The number of para-hydroxylation sites is 1. The number of carbonyl (C=O) groups excluding carboxylic acids is 1. The van der Waals surface area contributed by atoms with Crippen LogP contribution in [0.25, 0.3) is 0 Å². The maximum Gasteiger partial charge on any atom is 0.433 e. The van der Waals surface area contributed by atoms with E-state index in [-0.39, 0.29) is 10.2 Å². The van der Waals surface area contributed by atoms with Crippen molar-refractivity contribution < 1.29 is 31.1 Å². The number of rotatable bonds is 4. The number of hydrogen-bond donors (Lipinski definition) is 1. The third-order valence-electron chi connectivity index (χ3n) is 2.84. The lowest BCUT2D eigenvalue weighted by molar-refractivity contribution is -0.141. The van der Waals surface area contributed by atoms with Crippen molar-refractivity contribution in [1.82, 2.24) is 9.97 Å². The molecule has 2 aromatic rings. The van der Waals surface area contributed by atoms with Crippen LogP contribution in [0, 0.1) is 0 Å². The molecule has 0 unspecified atom stereocenters. The number of nitrogens with one attached hydrogen (secondary N) is 1. The molecule has 0 saturated heterocycles. The highest BCUT2D eigenvalue weighted by molar-refractivity contribution is 7.99. The lowest BCUT2D eigenvalue weighted by atomic mass is 10.1. The zero-order chi connectivity index (χ0) is 19.5. The Morgan fingerprint density at radius 2 is 1.81 bits per heavy atom. The molecule has 4 nitrogen and oxygen atoms in total. The van der Waals surface area contributed by atoms with Crippen molar-refractivity contribution in [3.05, 3.63) is 46.7 Å². The van der Waals surface area contributed by atoms with Crippen LogP contribution in [-0.4, -0.2) is 21.6 Å². The number of aromatic nitrogens is 2. The summed E-state index contributed by atoms with van der Waals surface area (Å²) in [6.07, 6.45) is -8.56. The van der Waals surface area contributed by atoms with E-state index in [1.54, 1.807) is 0 Å². The Kier molecular flexibility index (Phi) is 6.02. The predicted octanol–water partition coefficient (Wildman–Crippen LogP) is 4.90. The summed E-state index contributed by atoms with van der Waals surface area (Å²) in [5.74, 6) is -1.42. The highest BCUT2D eigenvalue weighted by Gasteiger charge is 2.35. The average molecular weight is 416 g/mol. The number of amides is 1. The fraction of sp³-hybridized carbons (Fsp3) is 0.214. The fourth-order valence-corrected chi connectivity index (χ4v) is 2.61. The molecule has 26 heavy (non-hydrogen) atoms. The Labute approximate surface area is 152 Å². The first-order valence-electron chi connectivity index (χ1n) is 6.67. The van der Waals surface area contributed by atoms with Gasteiger partial charge in [0.25, 0.3) is 0 Å². The van der Waals surface area contributed by atoms with E-state index in [4.69, 9.17) is 11.6 Å². The molecule has 140 valence electrons. The maximum absolute atomic E-state index is 12.9. The summed E-state index contributed by atoms with van der Waals surface area (Å²) in [5.41, 5.74) is -2.96. The van der Waals surface area contributed by atoms with Crippen molar-refractivity contribution in [1.29, 1.82) is 0 Å². The summed E-state index contributed by atoms with van der Waals surface area (Å²) in [6.45, 7) is 0. The Balaban J connectivity index is 2.09. The van der Waals surface area contributed by atoms with Gasteiger partial charge in [-0.1, -0.05) is 29.4 Å². The molecule has 0 fully saturated rings. The van der Waals surface area contributed by atoms with Crippen molar-refractivity contribution in [2.45, 2.75) is 17.5 Å². The van der Waals surface area contributed by atoms with Gasteiger partial charge in [0.15, 0.2) is 5.16 Å². The highest BCUT2D eigenvalue weighted by atomic mass is 35.5. The van der Waals surface area contributed by atoms with E-state index in [0.717, 1.165) is 24.4 Å². The molecule has 1 heterocycles. The van der Waals surface area contributed by atoms with Crippen LogP contribution in [0.4, 0.5) is 32.0 Å². The summed E-state index contributed by atoms with van der Waals surface area (Å²) in [5, 5.41) is 1.34. The SMILES string of the molecule is O=C(CSc1nccc(C(F)(F)F)n1)Nc1c(Cl)cccc1C(F)(F)F. The quantitative estimate of drug-likeness (QED) is 0.438. The van der Waals surface area contributed by atoms with Gasteiger partial charge in [0, 0.05) is 6.20 Å². The molecule has 0 saturated carbocycles. The van der Waals surface area contributed by atoms with E-state index in [1.807, 2.05) is 5.32 Å². The van der Waals surface area contributed by atoms with Gasteiger partial charge in [-0.05, 0) is 18.2 Å². The monoisotopic (exact) mass is 415 g/mol. The van der Waals surface area contributed by atoms with E-state index in [9.17, 15) is 31.1 Å². The topological polar surface area (TPSA) is 54.9 Å². The Bertz CT molecular complexity index is 812. The summed E-state index contributed by atoms with van der Waals surface area (Å²) in [4.78, 5) is 18.7. The fourth-order valence-electron chi connectivity index (χ4n) is 1.76. The van der Waals surface area contributed by atoms with E-state index in [2.05, 4.69) is 9.97 Å². The molecular weight excluding hydrogens is 408 g/mol.